The molecular weight excluding hydrogens is 547 g/mol. The Labute approximate surface area is 195 Å². The van der Waals surface area contributed by atoms with Gasteiger partial charge < -0.3 is 35.2 Å². The summed E-state index contributed by atoms with van der Waals surface area (Å²) >= 11 is 6.45. The lowest BCUT2D eigenvalue weighted by Crippen LogP contribution is -2.43. The second-order valence-electron chi connectivity index (χ2n) is 6.80. The maximum absolute atomic E-state index is 12.1. The van der Waals surface area contributed by atoms with Gasteiger partial charge in [0, 0.05) is 0 Å². The number of nitrogens with two attached hydrogens (primary N) is 1. The lowest BCUT2D eigenvalue weighted by atomic mass is 9.97. The molecule has 2 aromatic heterocycles. The topological polar surface area (TPSA) is 259 Å². The second-order valence-corrected chi connectivity index (χ2v) is 11.8. The van der Waals surface area contributed by atoms with Crippen LogP contribution < -0.4 is 5.73 Å². The largest absolute Gasteiger partial charge is 0.490 e. The molecule has 7 N–H and O–H groups in total. The first-order chi connectivity index (χ1) is 15.5. The van der Waals surface area contributed by atoms with Crippen LogP contribution in [0.2, 0.25) is 0 Å². The fourth-order valence-electron chi connectivity index (χ4n) is 3.08. The van der Waals surface area contributed by atoms with Crippen LogP contribution in [0.25, 0.3) is 11.2 Å². The molecule has 1 aliphatic rings. The van der Waals surface area contributed by atoms with Crippen LogP contribution in [0.1, 0.15) is 13.2 Å². The van der Waals surface area contributed by atoms with Gasteiger partial charge in [0.2, 0.25) is 5.95 Å². The number of rotatable bonds is 8. The van der Waals surface area contributed by atoms with Crippen molar-refractivity contribution in [2.45, 2.75) is 36.3 Å². The molecule has 188 valence electrons. The Balaban J connectivity index is 1.85. The number of aliphatic hydroxyl groups is 1. The minimum Gasteiger partial charge on any atom is -0.387 e. The molecule has 0 amide bonds. The van der Waals surface area contributed by atoms with Crippen LogP contribution in [0.4, 0.5) is 5.95 Å². The van der Waals surface area contributed by atoms with Gasteiger partial charge in [-0.1, -0.05) is 17.5 Å². The Morgan fingerprint density at radius 3 is 2.50 bits per heavy atom. The summed E-state index contributed by atoms with van der Waals surface area (Å²) in [6, 6.07) is 0. The van der Waals surface area contributed by atoms with E-state index in [0.29, 0.717) is 0 Å². The third kappa shape index (κ3) is 5.67. The number of aromatic nitrogens is 4. The monoisotopic (exact) mass is 563 g/mol. The van der Waals surface area contributed by atoms with E-state index in [0.717, 1.165) is 6.92 Å². The van der Waals surface area contributed by atoms with Gasteiger partial charge in [0.05, 0.1) is 18.6 Å². The van der Waals surface area contributed by atoms with E-state index in [1.165, 1.54) is 17.1 Å². The van der Waals surface area contributed by atoms with Crippen molar-refractivity contribution < 1.29 is 56.3 Å². The molecule has 0 spiro atoms. The van der Waals surface area contributed by atoms with Crippen molar-refractivity contribution in [2.75, 3.05) is 5.73 Å². The first-order valence-electron chi connectivity index (χ1n) is 8.75. The van der Waals surface area contributed by atoms with E-state index in [2.05, 4.69) is 29.5 Å². The van der Waals surface area contributed by atoms with E-state index in [1.54, 1.807) is 0 Å². The third-order valence-corrected chi connectivity index (χ3v) is 8.82. The zero-order valence-corrected chi connectivity index (χ0v) is 20.2. The highest BCUT2D eigenvalue weighted by Gasteiger charge is 2.58. The van der Waals surface area contributed by atoms with Crippen molar-refractivity contribution >= 4 is 52.2 Å². The number of halogens is 1. The van der Waals surface area contributed by atoms with Crippen LogP contribution in [-0.4, -0.2) is 67.4 Å². The molecule has 1 saturated heterocycles. The standard InChI is InChI=1S/C13H17ClN5O12P3/c1-3-13(14)9(20)8(6(2)29-33(24,25)31-34(26,27)30-32(21,22)23)28-11(13)19-5-17-7-4-16-12(15)18-10(7)19/h1,4-6,8-9,11,20H,2H3,(H,24,25)(H,26,27)(H2,15,16,18)(H2,21,22,23)/t6-,8-,9+,11-,13?/m1/s1. The summed E-state index contributed by atoms with van der Waals surface area (Å²) in [5.41, 5.74) is 5.99. The average molecular weight is 564 g/mol. The first-order valence-corrected chi connectivity index (χ1v) is 13.7. The number of anilines is 1. The van der Waals surface area contributed by atoms with Crippen LogP contribution in [0.15, 0.2) is 12.5 Å². The minimum atomic E-state index is -5.76. The van der Waals surface area contributed by atoms with Gasteiger partial charge in [-0.05, 0) is 6.92 Å². The number of alkyl halides is 1. The predicted molar refractivity (Wildman–Crippen MR) is 111 cm³/mol. The molecule has 34 heavy (non-hydrogen) atoms. The third-order valence-electron chi connectivity index (χ3n) is 4.37. The highest BCUT2D eigenvalue weighted by molar-refractivity contribution is 7.66. The predicted octanol–water partition coefficient (Wildman–Crippen LogP) is 0.00940. The van der Waals surface area contributed by atoms with E-state index in [4.69, 9.17) is 42.8 Å². The Hall–Kier alpha value is -1.47. The number of aliphatic hydroxyl groups excluding tert-OH is 1. The zero-order chi connectivity index (χ0) is 25.7. The smallest absolute Gasteiger partial charge is 0.387 e. The van der Waals surface area contributed by atoms with Crippen LogP contribution in [0.3, 0.4) is 0 Å². The molecule has 21 heteroatoms. The number of imidazole rings is 1. The number of ether oxygens (including phenoxy) is 1. The molecule has 0 aromatic carbocycles. The van der Waals surface area contributed by atoms with E-state index < -0.39 is 52.9 Å². The fraction of sp³-hybridized carbons (Fsp3) is 0.462. The van der Waals surface area contributed by atoms with Crippen molar-refractivity contribution in [1.82, 2.24) is 19.5 Å². The SMILES string of the molecule is C#CC1(Cl)[C@@H](O)[C@@H]([C@@H](C)OP(=O)(O)OP(=O)(O)OP(=O)(O)O)O[C@H]1n1cnc2cnc(N)nc21. The Bertz CT molecular complexity index is 1280. The molecular formula is C13H17ClN5O12P3. The Kier molecular flexibility index (Phi) is 7.34. The average Bonchev–Trinajstić information content (AvgIpc) is 3.17. The summed E-state index contributed by atoms with van der Waals surface area (Å²) < 4.78 is 53.3. The highest BCUT2D eigenvalue weighted by atomic mass is 35.5. The lowest BCUT2D eigenvalue weighted by Gasteiger charge is -2.26. The van der Waals surface area contributed by atoms with Crippen LogP contribution in [-0.2, 0) is 31.6 Å². The number of phosphoric acid groups is 3. The van der Waals surface area contributed by atoms with Crippen LogP contribution >= 0.6 is 35.1 Å². The maximum Gasteiger partial charge on any atom is 0.490 e. The Morgan fingerprint density at radius 2 is 1.91 bits per heavy atom. The molecule has 3 rings (SSSR count). The van der Waals surface area contributed by atoms with Crippen molar-refractivity contribution in [3.8, 4) is 12.3 Å². The molecule has 1 fully saturated rings. The van der Waals surface area contributed by atoms with E-state index >= 15 is 0 Å². The molecule has 17 nitrogen and oxygen atoms in total. The van der Waals surface area contributed by atoms with Crippen molar-refractivity contribution in [2.24, 2.45) is 0 Å². The highest BCUT2D eigenvalue weighted by Crippen LogP contribution is 2.66. The summed E-state index contributed by atoms with van der Waals surface area (Å²) in [5.74, 6) is 2.06. The van der Waals surface area contributed by atoms with E-state index in [-0.39, 0.29) is 17.1 Å². The molecule has 0 saturated carbocycles. The number of hydrogen-bond donors (Lipinski definition) is 6. The van der Waals surface area contributed by atoms with Crippen molar-refractivity contribution in [1.29, 1.82) is 0 Å². The number of phosphoric ester groups is 1. The quantitative estimate of drug-likeness (QED) is 0.140. The molecule has 2 aromatic rings. The normalized spacial score (nSPS) is 29.9. The maximum atomic E-state index is 12.1. The van der Waals surface area contributed by atoms with Gasteiger partial charge in [0.15, 0.2) is 16.7 Å². The first kappa shape index (κ1) is 27.1. The number of hydrogen-bond acceptors (Lipinski definition) is 12. The fourth-order valence-corrected chi connectivity index (χ4v) is 6.56. The molecule has 3 heterocycles. The summed E-state index contributed by atoms with van der Waals surface area (Å²) in [5, 5.41) is 10.7. The van der Waals surface area contributed by atoms with Gasteiger partial charge in [0.25, 0.3) is 0 Å². The van der Waals surface area contributed by atoms with Crippen molar-refractivity contribution in [3.05, 3.63) is 12.5 Å². The van der Waals surface area contributed by atoms with Gasteiger partial charge in [-0.25, -0.2) is 23.7 Å². The summed E-state index contributed by atoms with van der Waals surface area (Å²) in [4.78, 5) is 46.1. The molecule has 1 aliphatic heterocycles. The number of nitrogens with zero attached hydrogens (tertiary/aromatic N) is 4. The summed E-state index contributed by atoms with van der Waals surface area (Å²) in [6.45, 7) is 1.09. The van der Waals surface area contributed by atoms with Gasteiger partial charge >= 0.3 is 23.5 Å². The summed E-state index contributed by atoms with van der Waals surface area (Å²) in [7, 11) is -16.9. The van der Waals surface area contributed by atoms with E-state index in [9.17, 15) is 28.6 Å². The molecule has 0 radical (unpaired) electrons. The molecule has 7 atom stereocenters. The van der Waals surface area contributed by atoms with Gasteiger partial charge in [-0.2, -0.15) is 13.6 Å². The Morgan fingerprint density at radius 1 is 1.26 bits per heavy atom. The molecule has 0 aliphatic carbocycles. The number of nitrogen functional groups attached to an aromatic ring is 1. The second kappa shape index (κ2) is 9.20. The van der Waals surface area contributed by atoms with Gasteiger partial charge in [0.1, 0.15) is 17.7 Å². The summed E-state index contributed by atoms with van der Waals surface area (Å²) in [6.07, 6.45) is 1.77. The zero-order valence-electron chi connectivity index (χ0n) is 16.7. The lowest BCUT2D eigenvalue weighted by molar-refractivity contribution is -0.0728. The molecule has 3 unspecified atom stereocenters. The molecule has 0 bridgehead atoms. The van der Waals surface area contributed by atoms with Gasteiger partial charge in [-0.3, -0.25) is 9.09 Å². The van der Waals surface area contributed by atoms with Crippen LogP contribution in [0.5, 0.6) is 0 Å². The minimum absolute atomic E-state index is 0.119. The van der Waals surface area contributed by atoms with Crippen molar-refractivity contribution in [3.63, 3.8) is 0 Å². The van der Waals surface area contributed by atoms with Crippen LogP contribution in [0, 0.1) is 12.3 Å². The van der Waals surface area contributed by atoms with E-state index in [1.807, 2.05) is 0 Å². The number of terminal acetylenes is 1. The van der Waals surface area contributed by atoms with Gasteiger partial charge in [-0.15, -0.1) is 6.42 Å². The number of fused-ring (bicyclic) bond motifs is 1.